The third-order valence-electron chi connectivity index (χ3n) is 7.45. The highest BCUT2D eigenvalue weighted by Crippen LogP contribution is 2.46. The van der Waals surface area contributed by atoms with Crippen molar-refractivity contribution in [2.24, 2.45) is 5.92 Å². The lowest BCUT2D eigenvalue weighted by Crippen LogP contribution is -2.29. The van der Waals surface area contributed by atoms with Crippen molar-refractivity contribution in [3.63, 3.8) is 0 Å². The summed E-state index contributed by atoms with van der Waals surface area (Å²) in [5, 5.41) is 12.0. The summed E-state index contributed by atoms with van der Waals surface area (Å²) in [6, 6.07) is 16.7. The van der Waals surface area contributed by atoms with E-state index in [2.05, 4.69) is 13.8 Å². The number of hydrogen-bond donors (Lipinski definition) is 1. The molecule has 9 nitrogen and oxygen atoms in total. The summed E-state index contributed by atoms with van der Waals surface area (Å²) in [6.07, 6.45) is 1.73. The molecule has 5 rings (SSSR count). The summed E-state index contributed by atoms with van der Waals surface area (Å²) in [5.41, 5.74) is 1.57. The van der Waals surface area contributed by atoms with E-state index in [-0.39, 0.29) is 11.3 Å². The van der Waals surface area contributed by atoms with Gasteiger partial charge in [-0.1, -0.05) is 38.2 Å². The van der Waals surface area contributed by atoms with Gasteiger partial charge in [0, 0.05) is 5.56 Å². The molecule has 1 aliphatic rings. The Hall–Kier alpha value is -4.57. The van der Waals surface area contributed by atoms with Gasteiger partial charge in [-0.15, -0.1) is 0 Å². The molecule has 0 spiro atoms. The summed E-state index contributed by atoms with van der Waals surface area (Å²) in [4.78, 5) is 33.7. The molecule has 2 heterocycles. The summed E-state index contributed by atoms with van der Waals surface area (Å²) in [7, 11) is 0. The van der Waals surface area contributed by atoms with Gasteiger partial charge in [-0.2, -0.15) is 0 Å². The maximum atomic E-state index is 13.8. The highest BCUT2D eigenvalue weighted by atomic mass is 32.1. The average Bonchev–Trinajstić information content (AvgIpc) is 3.58. The molecular formula is C36H40N2O7S. The van der Waals surface area contributed by atoms with E-state index in [1.165, 1.54) is 16.2 Å². The van der Waals surface area contributed by atoms with Crippen molar-refractivity contribution in [3.8, 4) is 23.0 Å². The van der Waals surface area contributed by atoms with Crippen molar-refractivity contribution in [3.05, 3.63) is 77.4 Å². The van der Waals surface area contributed by atoms with Crippen LogP contribution in [0, 0.1) is 5.92 Å². The second-order valence-electron chi connectivity index (χ2n) is 11.3. The normalized spacial score (nSPS) is 16.0. The molecule has 1 aromatic heterocycles. The van der Waals surface area contributed by atoms with Gasteiger partial charge in [0.1, 0.15) is 17.3 Å². The van der Waals surface area contributed by atoms with Gasteiger partial charge < -0.3 is 24.1 Å². The first-order chi connectivity index (χ1) is 22.2. The number of benzene rings is 3. The Morgan fingerprint density at radius 2 is 1.61 bits per heavy atom. The van der Waals surface area contributed by atoms with Gasteiger partial charge in [-0.3, -0.25) is 14.5 Å². The van der Waals surface area contributed by atoms with E-state index in [0.717, 1.165) is 17.5 Å². The molecule has 0 bridgehead atoms. The third-order valence-corrected chi connectivity index (χ3v) is 8.46. The van der Waals surface area contributed by atoms with Gasteiger partial charge in [-0.05, 0) is 92.8 Å². The van der Waals surface area contributed by atoms with Crippen LogP contribution in [-0.4, -0.2) is 48.2 Å². The molecule has 0 aliphatic carbocycles. The second-order valence-corrected chi connectivity index (χ2v) is 12.3. The predicted octanol–water partition coefficient (Wildman–Crippen LogP) is 7.93. The van der Waals surface area contributed by atoms with Crippen molar-refractivity contribution in [1.29, 1.82) is 0 Å². The number of anilines is 1. The van der Waals surface area contributed by atoms with Gasteiger partial charge in [0.2, 0.25) is 0 Å². The number of fused-ring (bicyclic) bond motifs is 1. The third kappa shape index (κ3) is 6.97. The molecule has 4 aromatic rings. The van der Waals surface area contributed by atoms with E-state index in [4.69, 9.17) is 23.9 Å². The lowest BCUT2D eigenvalue weighted by Gasteiger charge is -2.24. The number of aromatic nitrogens is 1. The minimum absolute atomic E-state index is 0.0441. The zero-order valence-electron chi connectivity index (χ0n) is 26.9. The van der Waals surface area contributed by atoms with Gasteiger partial charge >= 0.3 is 5.91 Å². The van der Waals surface area contributed by atoms with Crippen LogP contribution in [0.1, 0.15) is 64.6 Å². The molecule has 46 heavy (non-hydrogen) atoms. The Kier molecular flexibility index (Phi) is 10.5. The molecule has 1 N–H and O–H groups in total. The fraction of sp³-hybridized carbons (Fsp3) is 0.361. The predicted molar refractivity (Wildman–Crippen MR) is 180 cm³/mol. The van der Waals surface area contributed by atoms with Gasteiger partial charge in [0.05, 0.1) is 48.3 Å². The van der Waals surface area contributed by atoms with Gasteiger partial charge in [0.25, 0.3) is 5.78 Å². The van der Waals surface area contributed by atoms with Crippen LogP contribution in [0.4, 0.5) is 5.13 Å². The van der Waals surface area contributed by atoms with Crippen molar-refractivity contribution in [2.45, 2.75) is 53.5 Å². The topological polar surface area (TPSA) is 107 Å². The maximum absolute atomic E-state index is 13.8. The molecule has 3 aromatic carbocycles. The molecule has 1 aliphatic heterocycles. The monoisotopic (exact) mass is 644 g/mol. The van der Waals surface area contributed by atoms with E-state index >= 15 is 0 Å². The minimum atomic E-state index is -0.980. The molecule has 0 radical (unpaired) electrons. The molecule has 242 valence electrons. The molecule has 1 amide bonds. The summed E-state index contributed by atoms with van der Waals surface area (Å²) < 4.78 is 24.2. The Bertz CT molecular complexity index is 1730. The van der Waals surface area contributed by atoms with Gasteiger partial charge in [0.15, 0.2) is 16.6 Å². The second kappa shape index (κ2) is 14.7. The standard InChI is InChI=1S/C36H40N2O7S/c1-6-18-44-25-12-9-23(10-13-25)33(39)31-32(24-11-16-28(29(20-24)43-8-3)45-19-17-22(4)5)38(35(41)34(31)40)36-37-27-15-14-26(42-7-2)21-30(27)46-36/h9-16,20-22,32,39H,6-8,17-19H2,1-5H3. The zero-order chi connectivity index (χ0) is 32.8. The number of aliphatic hydroxyl groups is 1. The number of nitrogens with zero attached hydrogens (tertiary/aromatic N) is 2. The number of Topliss-reactive ketones (excluding diaryl/α,β-unsaturated/α-hetero) is 1. The Morgan fingerprint density at radius 3 is 2.30 bits per heavy atom. The summed E-state index contributed by atoms with van der Waals surface area (Å²) >= 11 is 1.27. The van der Waals surface area contributed by atoms with E-state index in [1.807, 2.05) is 39.0 Å². The first-order valence-electron chi connectivity index (χ1n) is 15.7. The highest BCUT2D eigenvalue weighted by molar-refractivity contribution is 7.22. The Morgan fingerprint density at radius 1 is 0.870 bits per heavy atom. The molecule has 1 atom stereocenters. The number of aliphatic hydroxyl groups excluding tert-OH is 1. The van der Waals surface area contributed by atoms with Crippen LogP contribution < -0.4 is 23.8 Å². The quantitative estimate of drug-likeness (QED) is 0.0838. The van der Waals surface area contributed by atoms with E-state index in [9.17, 15) is 14.7 Å². The highest BCUT2D eigenvalue weighted by Gasteiger charge is 2.48. The van der Waals surface area contributed by atoms with Crippen LogP contribution >= 0.6 is 11.3 Å². The van der Waals surface area contributed by atoms with Crippen molar-refractivity contribution < 1.29 is 33.6 Å². The SMILES string of the molecule is CCCOc1ccc(C(O)=C2C(=O)C(=O)N(c3nc4ccc(OCC)cc4s3)C2c2ccc(OCCC(C)C)c(OCC)c2)cc1. The zero-order valence-corrected chi connectivity index (χ0v) is 27.7. The van der Waals surface area contributed by atoms with Crippen LogP contribution in [0.2, 0.25) is 0 Å². The fourth-order valence-corrected chi connectivity index (χ4v) is 6.19. The average molecular weight is 645 g/mol. The molecular weight excluding hydrogens is 604 g/mol. The molecule has 1 saturated heterocycles. The van der Waals surface area contributed by atoms with E-state index in [0.29, 0.717) is 77.1 Å². The number of carbonyl (C=O) groups is 2. The number of amides is 1. The summed E-state index contributed by atoms with van der Waals surface area (Å²) in [6.45, 7) is 12.0. The number of ketones is 1. The van der Waals surface area contributed by atoms with Crippen LogP contribution in [-0.2, 0) is 9.59 Å². The van der Waals surface area contributed by atoms with Crippen LogP contribution in [0.3, 0.4) is 0 Å². The number of ether oxygens (including phenoxy) is 4. The molecule has 10 heteroatoms. The van der Waals surface area contributed by atoms with Crippen molar-refractivity contribution in [2.75, 3.05) is 31.3 Å². The van der Waals surface area contributed by atoms with E-state index in [1.54, 1.807) is 42.5 Å². The Labute approximate surface area is 273 Å². The number of hydrogen-bond acceptors (Lipinski definition) is 9. The lowest BCUT2D eigenvalue weighted by atomic mass is 9.95. The van der Waals surface area contributed by atoms with Crippen LogP contribution in [0.5, 0.6) is 23.0 Å². The number of rotatable bonds is 14. The largest absolute Gasteiger partial charge is 0.507 e. The number of carbonyl (C=O) groups excluding carboxylic acids is 2. The first kappa shape index (κ1) is 32.8. The van der Waals surface area contributed by atoms with Crippen LogP contribution in [0.15, 0.2) is 66.2 Å². The number of thiazole rings is 1. The smallest absolute Gasteiger partial charge is 0.301 e. The first-order valence-corrected chi connectivity index (χ1v) is 16.5. The lowest BCUT2D eigenvalue weighted by molar-refractivity contribution is -0.132. The molecule has 1 fully saturated rings. The fourth-order valence-electron chi connectivity index (χ4n) is 5.17. The van der Waals surface area contributed by atoms with Crippen molar-refractivity contribution >= 4 is 44.1 Å². The van der Waals surface area contributed by atoms with Crippen molar-refractivity contribution in [1.82, 2.24) is 4.98 Å². The minimum Gasteiger partial charge on any atom is -0.507 e. The molecule has 1 unspecified atom stereocenters. The van der Waals surface area contributed by atoms with Crippen LogP contribution in [0.25, 0.3) is 16.0 Å². The maximum Gasteiger partial charge on any atom is 0.301 e. The Balaban J connectivity index is 1.63. The molecule has 0 saturated carbocycles. The van der Waals surface area contributed by atoms with Gasteiger partial charge in [-0.25, -0.2) is 4.98 Å². The summed E-state index contributed by atoms with van der Waals surface area (Å²) in [5.74, 6) is 0.970. The van der Waals surface area contributed by atoms with E-state index < -0.39 is 17.7 Å².